The molecule has 1 heterocycles. The second-order valence-electron chi connectivity index (χ2n) is 6.97. The number of rotatable bonds is 7. The maximum Gasteiger partial charge on any atom is 0.240 e. The molecule has 0 bridgehead atoms. The Kier molecular flexibility index (Phi) is 6.20. The van der Waals surface area contributed by atoms with Crippen molar-refractivity contribution < 1.29 is 13.2 Å². The van der Waals surface area contributed by atoms with Gasteiger partial charge in [-0.3, -0.25) is 4.79 Å². The van der Waals surface area contributed by atoms with Crippen molar-refractivity contribution in [3.05, 3.63) is 64.4 Å². The van der Waals surface area contributed by atoms with Crippen LogP contribution in [0.15, 0.2) is 53.0 Å². The van der Waals surface area contributed by atoms with Crippen molar-refractivity contribution in [1.82, 2.24) is 14.9 Å². The molecule has 0 radical (unpaired) electrons. The minimum Gasteiger partial charge on any atom is -0.352 e. The summed E-state index contributed by atoms with van der Waals surface area (Å²) in [5.74, 6) is -0.00872. The molecule has 0 saturated carbocycles. The maximum absolute atomic E-state index is 12.6. The fourth-order valence-electron chi connectivity index (χ4n) is 3.14. The summed E-state index contributed by atoms with van der Waals surface area (Å²) in [4.78, 5) is 17.0. The van der Waals surface area contributed by atoms with Gasteiger partial charge in [-0.05, 0) is 43.2 Å². The lowest BCUT2D eigenvalue weighted by molar-refractivity contribution is -0.122. The average Bonchev–Trinajstić information content (AvgIpc) is 2.92. The molecule has 0 spiro atoms. The molecule has 148 valence electrons. The second kappa shape index (κ2) is 8.45. The van der Waals surface area contributed by atoms with Gasteiger partial charge in [0.05, 0.1) is 11.0 Å². The molecule has 0 saturated heterocycles. The summed E-state index contributed by atoms with van der Waals surface area (Å²) in [7, 11) is -3.27. The number of nitrogens with zero attached hydrogens (tertiary/aromatic N) is 2. The van der Waals surface area contributed by atoms with E-state index in [0.29, 0.717) is 17.8 Å². The normalized spacial score (nSPS) is 12.8. The predicted octanol–water partition coefficient (Wildman–Crippen LogP) is 3.09. The number of imidazole rings is 1. The third kappa shape index (κ3) is 5.42. The molecule has 1 unspecified atom stereocenters. The van der Waals surface area contributed by atoms with Crippen LogP contribution in [-0.4, -0.2) is 36.2 Å². The van der Waals surface area contributed by atoms with Crippen molar-refractivity contribution in [2.24, 2.45) is 0 Å². The van der Waals surface area contributed by atoms with Gasteiger partial charge in [0.2, 0.25) is 5.91 Å². The molecule has 3 rings (SSSR count). The molecular weight excluding hydrogens is 442 g/mol. The van der Waals surface area contributed by atoms with Crippen LogP contribution in [0, 0.1) is 0 Å². The molecule has 1 aromatic heterocycles. The number of aromatic nitrogens is 2. The lowest BCUT2D eigenvalue weighted by Crippen LogP contribution is -2.36. The number of nitrogens with one attached hydrogen (secondary N) is 1. The molecule has 1 amide bonds. The van der Waals surface area contributed by atoms with Crippen LogP contribution in [0.4, 0.5) is 0 Å². The number of fused-ring (bicyclic) bond motifs is 1. The zero-order valence-electron chi connectivity index (χ0n) is 15.7. The van der Waals surface area contributed by atoms with Gasteiger partial charge in [0.25, 0.3) is 0 Å². The number of hydrogen-bond acceptors (Lipinski definition) is 4. The summed E-state index contributed by atoms with van der Waals surface area (Å²) in [6.45, 7) is 1.97. The first kappa shape index (κ1) is 20.5. The van der Waals surface area contributed by atoms with Gasteiger partial charge in [-0.25, -0.2) is 13.4 Å². The van der Waals surface area contributed by atoms with Gasteiger partial charge in [0.15, 0.2) is 9.84 Å². The van der Waals surface area contributed by atoms with Crippen LogP contribution in [0.1, 0.15) is 18.3 Å². The Hall–Kier alpha value is -2.19. The van der Waals surface area contributed by atoms with Crippen LogP contribution in [0.2, 0.25) is 0 Å². The van der Waals surface area contributed by atoms with Crippen molar-refractivity contribution in [3.8, 4) is 0 Å². The summed E-state index contributed by atoms with van der Waals surface area (Å²) in [5, 5.41) is 2.99. The molecule has 8 heteroatoms. The first-order valence-electron chi connectivity index (χ1n) is 8.87. The highest BCUT2D eigenvalue weighted by Crippen LogP contribution is 2.18. The van der Waals surface area contributed by atoms with Crippen molar-refractivity contribution in [2.45, 2.75) is 31.7 Å². The van der Waals surface area contributed by atoms with Crippen LogP contribution in [0.5, 0.6) is 0 Å². The zero-order chi connectivity index (χ0) is 20.3. The van der Waals surface area contributed by atoms with Crippen molar-refractivity contribution in [1.29, 1.82) is 0 Å². The number of hydrogen-bond donors (Lipinski definition) is 1. The van der Waals surface area contributed by atoms with E-state index in [0.717, 1.165) is 21.8 Å². The van der Waals surface area contributed by atoms with Crippen LogP contribution < -0.4 is 5.32 Å². The first-order valence-corrected chi connectivity index (χ1v) is 11.7. The molecule has 2 aromatic carbocycles. The van der Waals surface area contributed by atoms with E-state index < -0.39 is 9.84 Å². The smallest absolute Gasteiger partial charge is 0.240 e. The standard InChI is InChI=1S/C20H22BrN3O3S/c1-14(11-15-7-9-16(21)10-8-15)22-20(25)12-24-18-6-4-3-5-17(18)23-19(24)13-28(2,26)27/h3-10,14H,11-13H2,1-2H3,(H,22,25). The molecule has 28 heavy (non-hydrogen) atoms. The van der Waals surface area contributed by atoms with Crippen LogP contribution >= 0.6 is 15.9 Å². The number of amides is 1. The van der Waals surface area contributed by atoms with E-state index in [9.17, 15) is 13.2 Å². The van der Waals surface area contributed by atoms with Crippen LogP contribution in [-0.2, 0) is 33.4 Å². The van der Waals surface area contributed by atoms with Gasteiger partial charge in [0, 0.05) is 16.8 Å². The fraction of sp³-hybridized carbons (Fsp3) is 0.300. The van der Waals surface area contributed by atoms with Crippen molar-refractivity contribution in [2.75, 3.05) is 6.26 Å². The summed E-state index contributed by atoms with van der Waals surface area (Å²) >= 11 is 3.41. The maximum atomic E-state index is 12.6. The molecule has 1 N–H and O–H groups in total. The fourth-order valence-corrected chi connectivity index (χ4v) is 4.09. The molecule has 0 aliphatic heterocycles. The summed E-state index contributed by atoms with van der Waals surface area (Å²) < 4.78 is 26.2. The Morgan fingerprint density at radius 3 is 2.54 bits per heavy atom. The van der Waals surface area contributed by atoms with E-state index in [2.05, 4.69) is 26.2 Å². The van der Waals surface area contributed by atoms with Gasteiger partial charge in [0.1, 0.15) is 18.1 Å². The number of halogens is 1. The number of para-hydroxylation sites is 2. The van der Waals surface area contributed by atoms with Crippen LogP contribution in [0.25, 0.3) is 11.0 Å². The Labute approximate surface area is 173 Å². The van der Waals surface area contributed by atoms with E-state index in [4.69, 9.17) is 0 Å². The van der Waals surface area contributed by atoms with E-state index in [1.165, 1.54) is 0 Å². The molecule has 3 aromatic rings. The molecule has 0 aliphatic rings. The number of carbonyl (C=O) groups excluding carboxylic acids is 1. The third-order valence-electron chi connectivity index (χ3n) is 4.29. The molecule has 0 fully saturated rings. The predicted molar refractivity (Wildman–Crippen MR) is 114 cm³/mol. The lowest BCUT2D eigenvalue weighted by atomic mass is 10.1. The van der Waals surface area contributed by atoms with E-state index >= 15 is 0 Å². The zero-order valence-corrected chi connectivity index (χ0v) is 18.1. The van der Waals surface area contributed by atoms with Gasteiger partial charge < -0.3 is 9.88 Å². The van der Waals surface area contributed by atoms with Gasteiger partial charge >= 0.3 is 0 Å². The summed E-state index contributed by atoms with van der Waals surface area (Å²) in [5.41, 5.74) is 2.55. The Morgan fingerprint density at radius 1 is 1.18 bits per heavy atom. The lowest BCUT2D eigenvalue weighted by Gasteiger charge is -2.15. The summed E-state index contributed by atoms with van der Waals surface area (Å²) in [6, 6.07) is 15.3. The summed E-state index contributed by atoms with van der Waals surface area (Å²) in [6.07, 6.45) is 1.87. The first-order chi connectivity index (χ1) is 13.2. The topological polar surface area (TPSA) is 81.1 Å². The van der Waals surface area contributed by atoms with Crippen molar-refractivity contribution in [3.63, 3.8) is 0 Å². The van der Waals surface area contributed by atoms with Crippen molar-refractivity contribution >= 4 is 42.7 Å². The number of sulfone groups is 1. The van der Waals surface area contributed by atoms with E-state index in [-0.39, 0.29) is 24.2 Å². The molecule has 0 aliphatic carbocycles. The minimum atomic E-state index is -3.27. The SMILES string of the molecule is CC(Cc1ccc(Br)cc1)NC(=O)Cn1c(CS(C)(=O)=O)nc2ccccc21. The highest BCUT2D eigenvalue weighted by atomic mass is 79.9. The quantitative estimate of drug-likeness (QED) is 0.583. The Balaban J connectivity index is 1.74. The minimum absolute atomic E-state index is 0.0239. The van der Waals surface area contributed by atoms with Gasteiger partial charge in [-0.1, -0.05) is 40.2 Å². The monoisotopic (exact) mass is 463 g/mol. The largest absolute Gasteiger partial charge is 0.352 e. The molecular formula is C20H22BrN3O3S. The molecule has 6 nitrogen and oxygen atoms in total. The van der Waals surface area contributed by atoms with E-state index in [1.807, 2.05) is 55.5 Å². The molecule has 1 atom stereocenters. The third-order valence-corrected chi connectivity index (χ3v) is 5.60. The number of benzene rings is 2. The van der Waals surface area contributed by atoms with Gasteiger partial charge in [-0.2, -0.15) is 0 Å². The Bertz CT molecular complexity index is 1090. The average molecular weight is 464 g/mol. The van der Waals surface area contributed by atoms with Crippen LogP contribution in [0.3, 0.4) is 0 Å². The van der Waals surface area contributed by atoms with Gasteiger partial charge in [-0.15, -0.1) is 0 Å². The number of carbonyl (C=O) groups is 1. The second-order valence-corrected chi connectivity index (χ2v) is 10.0. The highest BCUT2D eigenvalue weighted by Gasteiger charge is 2.18. The highest BCUT2D eigenvalue weighted by molar-refractivity contribution is 9.10. The Morgan fingerprint density at radius 2 is 1.86 bits per heavy atom. The van der Waals surface area contributed by atoms with E-state index in [1.54, 1.807) is 4.57 Å².